The first kappa shape index (κ1) is 17.6. The molecule has 3 amide bonds. The van der Waals surface area contributed by atoms with Crippen molar-refractivity contribution in [1.29, 1.82) is 0 Å². The first-order valence-corrected chi connectivity index (χ1v) is 8.47. The van der Waals surface area contributed by atoms with Crippen LogP contribution in [0.3, 0.4) is 0 Å². The van der Waals surface area contributed by atoms with Crippen LogP contribution in [-0.2, 0) is 11.3 Å². The number of fused-ring (bicyclic) bond motifs is 1. The Morgan fingerprint density at radius 3 is 2.25 bits per heavy atom. The van der Waals surface area contributed by atoms with Crippen LogP contribution < -0.4 is 5.32 Å². The van der Waals surface area contributed by atoms with Crippen LogP contribution in [0, 0.1) is 5.82 Å². The Balaban J connectivity index is 1.38. The normalized spacial score (nSPS) is 13.0. The molecule has 0 bridgehead atoms. The average Bonchev–Trinajstić information content (AvgIpc) is 3.26. The van der Waals surface area contributed by atoms with E-state index in [1.54, 1.807) is 42.5 Å². The maximum Gasteiger partial charge on any atom is 0.262 e. The Kier molecular flexibility index (Phi) is 4.44. The molecular weight excluding hydrogens is 365 g/mol. The summed E-state index contributed by atoms with van der Waals surface area (Å²) in [5.41, 5.74) is 1.21. The number of carbonyl (C=O) groups excluding carboxylic acids is 3. The van der Waals surface area contributed by atoms with Gasteiger partial charge in [-0.1, -0.05) is 29.4 Å². The molecule has 28 heavy (non-hydrogen) atoms. The first-order valence-electron chi connectivity index (χ1n) is 8.47. The Morgan fingerprint density at radius 2 is 1.61 bits per heavy atom. The van der Waals surface area contributed by atoms with E-state index < -0.39 is 30.1 Å². The number of rotatable bonds is 5. The summed E-state index contributed by atoms with van der Waals surface area (Å²) in [5.74, 6) is -1.73. The number of nitrogens with zero attached hydrogens (tertiary/aromatic N) is 2. The fourth-order valence-corrected chi connectivity index (χ4v) is 2.95. The molecule has 7 nitrogen and oxygen atoms in total. The van der Waals surface area contributed by atoms with Gasteiger partial charge in [-0.2, -0.15) is 0 Å². The predicted octanol–water partition coefficient (Wildman–Crippen LogP) is 2.39. The second-order valence-corrected chi connectivity index (χ2v) is 6.18. The molecule has 1 aromatic heterocycles. The minimum absolute atomic E-state index is 0.0138. The summed E-state index contributed by atoms with van der Waals surface area (Å²) in [7, 11) is 0. The van der Waals surface area contributed by atoms with Gasteiger partial charge in [0, 0.05) is 6.07 Å². The highest BCUT2D eigenvalue weighted by atomic mass is 19.1. The number of amides is 3. The van der Waals surface area contributed by atoms with Gasteiger partial charge >= 0.3 is 0 Å². The van der Waals surface area contributed by atoms with E-state index in [0.717, 1.165) is 4.90 Å². The maximum absolute atomic E-state index is 13.8. The van der Waals surface area contributed by atoms with Gasteiger partial charge in [0.05, 0.1) is 23.2 Å². The number of halogens is 1. The van der Waals surface area contributed by atoms with Gasteiger partial charge in [-0.25, -0.2) is 4.39 Å². The van der Waals surface area contributed by atoms with E-state index in [2.05, 4.69) is 10.5 Å². The zero-order chi connectivity index (χ0) is 19.7. The third kappa shape index (κ3) is 3.16. The van der Waals surface area contributed by atoms with E-state index in [9.17, 15) is 18.8 Å². The highest BCUT2D eigenvalue weighted by molar-refractivity contribution is 6.22. The first-order chi connectivity index (χ1) is 13.5. The van der Waals surface area contributed by atoms with Crippen molar-refractivity contribution in [3.63, 3.8) is 0 Å². The van der Waals surface area contributed by atoms with Crippen LogP contribution in [0.4, 0.5) is 4.39 Å². The lowest BCUT2D eigenvalue weighted by Crippen LogP contribution is -2.40. The highest BCUT2D eigenvalue weighted by Crippen LogP contribution is 2.23. The third-order valence-corrected chi connectivity index (χ3v) is 4.34. The number of imide groups is 1. The summed E-state index contributed by atoms with van der Waals surface area (Å²) in [5, 5.41) is 6.37. The van der Waals surface area contributed by atoms with Gasteiger partial charge in [0.25, 0.3) is 11.8 Å². The molecule has 0 saturated heterocycles. The summed E-state index contributed by atoms with van der Waals surface area (Å²) >= 11 is 0. The Labute approximate surface area is 158 Å². The van der Waals surface area contributed by atoms with E-state index in [1.165, 1.54) is 12.1 Å². The number of nitrogens with one attached hydrogen (secondary N) is 1. The van der Waals surface area contributed by atoms with Crippen molar-refractivity contribution < 1.29 is 23.3 Å². The van der Waals surface area contributed by atoms with Gasteiger partial charge in [-0.3, -0.25) is 19.3 Å². The molecule has 0 aliphatic carbocycles. The summed E-state index contributed by atoms with van der Waals surface area (Å²) in [4.78, 5) is 37.6. The van der Waals surface area contributed by atoms with Crippen molar-refractivity contribution in [3.05, 3.63) is 77.2 Å². The molecule has 2 heterocycles. The topological polar surface area (TPSA) is 92.5 Å². The van der Waals surface area contributed by atoms with E-state index in [4.69, 9.17) is 4.52 Å². The van der Waals surface area contributed by atoms with E-state index >= 15 is 0 Å². The summed E-state index contributed by atoms with van der Waals surface area (Å²) in [6.07, 6.45) is 0. The molecule has 0 fully saturated rings. The zero-order valence-corrected chi connectivity index (χ0v) is 14.5. The van der Waals surface area contributed by atoms with Gasteiger partial charge in [0.15, 0.2) is 5.76 Å². The van der Waals surface area contributed by atoms with E-state index in [-0.39, 0.29) is 29.0 Å². The molecule has 0 spiro atoms. The molecule has 1 aliphatic rings. The quantitative estimate of drug-likeness (QED) is 0.687. The van der Waals surface area contributed by atoms with E-state index in [1.807, 2.05) is 0 Å². The lowest BCUT2D eigenvalue weighted by molar-refractivity contribution is -0.121. The van der Waals surface area contributed by atoms with Crippen LogP contribution >= 0.6 is 0 Å². The molecule has 4 rings (SSSR count). The number of aromatic nitrogens is 1. The molecular formula is C20H14FN3O4. The van der Waals surface area contributed by atoms with Crippen molar-refractivity contribution in [3.8, 4) is 11.3 Å². The third-order valence-electron chi connectivity index (χ3n) is 4.34. The van der Waals surface area contributed by atoms with Crippen molar-refractivity contribution in [1.82, 2.24) is 15.4 Å². The Bertz CT molecular complexity index is 1060. The molecule has 0 atom stereocenters. The second-order valence-electron chi connectivity index (χ2n) is 6.18. The van der Waals surface area contributed by atoms with Crippen LogP contribution in [0.15, 0.2) is 59.1 Å². The fraction of sp³-hybridized carbons (Fsp3) is 0.100. The number of carbonyl (C=O) groups is 3. The molecule has 2 aromatic carbocycles. The maximum atomic E-state index is 13.8. The summed E-state index contributed by atoms with van der Waals surface area (Å²) in [6.45, 7) is -0.385. The smallest absolute Gasteiger partial charge is 0.262 e. The Hall–Kier alpha value is -3.81. The van der Waals surface area contributed by atoms with Crippen LogP contribution in [0.5, 0.6) is 0 Å². The standard InChI is InChI=1S/C20H14FN3O4/c21-16-8-4-3-7-15(16)17-9-12(23-28-17)10-22-18(25)11-24-19(26)13-5-1-2-6-14(13)20(24)27/h1-9H,10-11H2,(H,22,25). The van der Waals surface area contributed by atoms with Crippen molar-refractivity contribution in [2.45, 2.75) is 6.54 Å². The summed E-state index contributed by atoms with van der Waals surface area (Å²) in [6, 6.07) is 14.0. The number of benzene rings is 2. The molecule has 1 N–H and O–H groups in total. The second kappa shape index (κ2) is 7.07. The number of hydrogen-bond donors (Lipinski definition) is 1. The largest absolute Gasteiger partial charge is 0.356 e. The highest BCUT2D eigenvalue weighted by Gasteiger charge is 2.36. The van der Waals surface area contributed by atoms with Crippen LogP contribution in [0.2, 0.25) is 0 Å². The van der Waals surface area contributed by atoms with Crippen LogP contribution in [0.1, 0.15) is 26.4 Å². The Morgan fingerprint density at radius 1 is 1.00 bits per heavy atom. The lowest BCUT2D eigenvalue weighted by Gasteiger charge is -2.13. The van der Waals surface area contributed by atoms with Gasteiger partial charge < -0.3 is 9.84 Å². The molecule has 1 aliphatic heterocycles. The predicted molar refractivity (Wildman–Crippen MR) is 95.6 cm³/mol. The van der Waals surface area contributed by atoms with Crippen LogP contribution in [0.25, 0.3) is 11.3 Å². The molecule has 0 unspecified atom stereocenters. The van der Waals surface area contributed by atoms with Gasteiger partial charge in [-0.15, -0.1) is 0 Å². The molecule has 140 valence electrons. The SMILES string of the molecule is O=C(CN1C(=O)c2ccccc2C1=O)NCc1cc(-c2ccccc2F)on1. The average molecular weight is 379 g/mol. The summed E-state index contributed by atoms with van der Waals surface area (Å²) < 4.78 is 18.9. The van der Waals surface area contributed by atoms with Crippen molar-refractivity contribution in [2.75, 3.05) is 6.54 Å². The molecule has 0 radical (unpaired) electrons. The minimum atomic E-state index is -0.523. The van der Waals surface area contributed by atoms with Crippen LogP contribution in [-0.4, -0.2) is 34.3 Å². The number of hydrogen-bond acceptors (Lipinski definition) is 5. The van der Waals surface area contributed by atoms with Gasteiger partial charge in [0.1, 0.15) is 18.1 Å². The lowest BCUT2D eigenvalue weighted by atomic mass is 10.1. The van der Waals surface area contributed by atoms with Crippen molar-refractivity contribution >= 4 is 17.7 Å². The zero-order valence-electron chi connectivity index (χ0n) is 14.5. The van der Waals surface area contributed by atoms with E-state index in [0.29, 0.717) is 5.69 Å². The molecule has 0 saturated carbocycles. The molecule has 3 aromatic rings. The fourth-order valence-electron chi connectivity index (χ4n) is 2.95. The monoisotopic (exact) mass is 379 g/mol. The molecule has 8 heteroatoms. The van der Waals surface area contributed by atoms with Gasteiger partial charge in [0.2, 0.25) is 5.91 Å². The van der Waals surface area contributed by atoms with Crippen molar-refractivity contribution in [2.24, 2.45) is 0 Å². The minimum Gasteiger partial charge on any atom is -0.356 e. The van der Waals surface area contributed by atoms with Gasteiger partial charge in [-0.05, 0) is 24.3 Å².